The highest BCUT2D eigenvalue weighted by molar-refractivity contribution is 5.87. The molecular weight excluding hydrogens is 509 g/mol. The summed E-state index contributed by atoms with van der Waals surface area (Å²) in [6, 6.07) is 13.0. The van der Waals surface area contributed by atoms with Crippen LogP contribution in [0.5, 0.6) is 0 Å². The molecule has 1 saturated heterocycles. The van der Waals surface area contributed by atoms with Crippen molar-refractivity contribution in [2.24, 2.45) is 0 Å². The third-order valence-corrected chi connectivity index (χ3v) is 5.82. The van der Waals surface area contributed by atoms with Crippen LogP contribution in [-0.2, 0) is 25.7 Å². The molecule has 1 heterocycles. The number of carboxylic acids is 2. The fourth-order valence-corrected chi connectivity index (χ4v) is 3.98. The molecule has 0 saturated carbocycles. The molecule has 2 aromatic rings. The predicted octanol–water partition coefficient (Wildman–Crippen LogP) is 1.73. The Hall–Kier alpha value is -3.71. The quantitative estimate of drug-likeness (QED) is 0.306. The highest BCUT2D eigenvalue weighted by Crippen LogP contribution is 2.18. The molecule has 1 fully saturated rings. The number of carbonyl (C=O) groups is 4. The van der Waals surface area contributed by atoms with Crippen molar-refractivity contribution in [1.29, 1.82) is 0 Å². The van der Waals surface area contributed by atoms with Gasteiger partial charge in [0.1, 0.15) is 6.04 Å². The molecule has 10 nitrogen and oxygen atoms in total. The summed E-state index contributed by atoms with van der Waals surface area (Å²) >= 11 is 0. The van der Waals surface area contributed by atoms with Crippen LogP contribution < -0.4 is 16.0 Å². The van der Waals surface area contributed by atoms with Gasteiger partial charge < -0.3 is 31.1 Å². The molecule has 38 heavy (non-hydrogen) atoms. The molecule has 0 aliphatic carbocycles. The summed E-state index contributed by atoms with van der Waals surface area (Å²) in [5.74, 6) is -4.51. The Labute approximate surface area is 217 Å². The first-order valence-electron chi connectivity index (χ1n) is 11.9. The monoisotopic (exact) mass is 540 g/mol. The summed E-state index contributed by atoms with van der Waals surface area (Å²) in [5, 5.41) is 28.1. The lowest BCUT2D eigenvalue weighted by Crippen LogP contribution is -2.56. The van der Waals surface area contributed by atoms with Crippen molar-refractivity contribution in [3.05, 3.63) is 48.0 Å². The van der Waals surface area contributed by atoms with E-state index >= 15 is 0 Å². The Balaban J connectivity index is 0.000000638. The van der Waals surface area contributed by atoms with E-state index in [2.05, 4.69) is 16.0 Å². The lowest BCUT2D eigenvalue weighted by atomic mass is 10.0. The number of benzene rings is 2. The first-order valence-corrected chi connectivity index (χ1v) is 11.9. The summed E-state index contributed by atoms with van der Waals surface area (Å²) in [5.41, 5.74) is 1.07. The first kappa shape index (κ1) is 30.5. The number of fused-ring (bicyclic) bond motifs is 1. The van der Waals surface area contributed by atoms with E-state index in [-0.39, 0.29) is 30.9 Å². The number of aliphatic carboxylic acids is 2. The lowest BCUT2D eigenvalue weighted by molar-refractivity contribution is -0.192. The Morgan fingerprint density at radius 1 is 1.11 bits per heavy atom. The van der Waals surface area contributed by atoms with Gasteiger partial charge in [-0.2, -0.15) is 13.2 Å². The molecule has 5 N–H and O–H groups in total. The van der Waals surface area contributed by atoms with E-state index in [4.69, 9.17) is 9.90 Å². The highest BCUT2D eigenvalue weighted by Gasteiger charge is 2.38. The van der Waals surface area contributed by atoms with Crippen LogP contribution in [0.15, 0.2) is 42.5 Å². The van der Waals surface area contributed by atoms with Gasteiger partial charge in [-0.3, -0.25) is 9.59 Å². The van der Waals surface area contributed by atoms with Gasteiger partial charge in [0, 0.05) is 32.6 Å². The molecule has 2 atom stereocenters. The minimum absolute atomic E-state index is 0.0137. The van der Waals surface area contributed by atoms with Crippen LogP contribution in [0.3, 0.4) is 0 Å². The molecule has 1 unspecified atom stereocenters. The van der Waals surface area contributed by atoms with Crippen molar-refractivity contribution in [2.75, 3.05) is 26.2 Å². The normalized spacial score (nSPS) is 15.7. The van der Waals surface area contributed by atoms with Gasteiger partial charge in [0.25, 0.3) is 0 Å². The number of hydrogen-bond donors (Lipinski definition) is 5. The fraction of sp³-hybridized carbons (Fsp3) is 0.440. The van der Waals surface area contributed by atoms with Crippen LogP contribution >= 0.6 is 0 Å². The molecular formula is C25H31F3N4O6. The fourth-order valence-electron chi connectivity index (χ4n) is 3.98. The molecule has 3 rings (SSSR count). The van der Waals surface area contributed by atoms with Crippen LogP contribution in [0, 0.1) is 0 Å². The van der Waals surface area contributed by atoms with Crippen molar-refractivity contribution in [3.63, 3.8) is 0 Å². The molecule has 0 bridgehead atoms. The predicted molar refractivity (Wildman–Crippen MR) is 132 cm³/mol. The van der Waals surface area contributed by atoms with Crippen molar-refractivity contribution < 1.29 is 42.6 Å². The molecule has 0 spiro atoms. The number of amides is 2. The van der Waals surface area contributed by atoms with Crippen molar-refractivity contribution in [3.8, 4) is 0 Å². The number of nitrogens with one attached hydrogen (secondary N) is 3. The van der Waals surface area contributed by atoms with Crippen LogP contribution in [-0.4, -0.2) is 83.3 Å². The standard InChI is InChI=1S/C23H30N4O4.C2HF3O2/c1-16(28)26-13-21(23(30)31)27(15-19-9-5-11-25-19)22(29)14-24-12-18-8-4-7-17-6-2-3-10-20(17)18;3-2(4,5)1(6)7/h2-4,6-8,10,19,21,24-25H,5,9,11-15H2,1H3,(H,26,28)(H,30,31);(H,6,7)/t19?,21-;/m0./s1. The molecule has 13 heteroatoms. The summed E-state index contributed by atoms with van der Waals surface area (Å²) in [6.45, 7) is 2.87. The van der Waals surface area contributed by atoms with Gasteiger partial charge >= 0.3 is 18.1 Å². The zero-order chi connectivity index (χ0) is 28.3. The van der Waals surface area contributed by atoms with E-state index in [1.54, 1.807) is 0 Å². The largest absolute Gasteiger partial charge is 0.490 e. The van der Waals surface area contributed by atoms with E-state index in [0.717, 1.165) is 35.7 Å². The highest BCUT2D eigenvalue weighted by atomic mass is 19.4. The topological polar surface area (TPSA) is 148 Å². The number of rotatable bonds is 10. The summed E-state index contributed by atoms with van der Waals surface area (Å²) in [4.78, 5) is 46.5. The smallest absolute Gasteiger partial charge is 0.480 e. The molecule has 2 amide bonds. The average molecular weight is 541 g/mol. The molecule has 0 aromatic heterocycles. The zero-order valence-electron chi connectivity index (χ0n) is 20.8. The van der Waals surface area contributed by atoms with Crippen molar-refractivity contribution in [2.45, 2.75) is 44.6 Å². The van der Waals surface area contributed by atoms with Gasteiger partial charge in [-0.15, -0.1) is 0 Å². The Morgan fingerprint density at radius 2 is 1.76 bits per heavy atom. The lowest BCUT2D eigenvalue weighted by Gasteiger charge is -2.31. The molecule has 2 aromatic carbocycles. The second kappa shape index (κ2) is 14.3. The maximum Gasteiger partial charge on any atom is 0.490 e. The van der Waals surface area contributed by atoms with Gasteiger partial charge in [0.05, 0.1) is 6.54 Å². The molecule has 0 radical (unpaired) electrons. The van der Waals surface area contributed by atoms with Gasteiger partial charge in [-0.25, -0.2) is 9.59 Å². The summed E-state index contributed by atoms with van der Waals surface area (Å²) in [6.07, 6.45) is -3.20. The van der Waals surface area contributed by atoms with Crippen molar-refractivity contribution >= 4 is 34.5 Å². The van der Waals surface area contributed by atoms with Crippen molar-refractivity contribution in [1.82, 2.24) is 20.9 Å². The maximum atomic E-state index is 13.0. The third-order valence-electron chi connectivity index (χ3n) is 5.82. The van der Waals surface area contributed by atoms with E-state index in [1.165, 1.54) is 11.8 Å². The average Bonchev–Trinajstić information content (AvgIpc) is 3.36. The minimum Gasteiger partial charge on any atom is -0.480 e. The Morgan fingerprint density at radius 3 is 2.34 bits per heavy atom. The number of nitrogens with zero attached hydrogens (tertiary/aromatic N) is 1. The SMILES string of the molecule is CC(=O)NC[C@@H](C(=O)O)N(CC1CCCN1)C(=O)CNCc1cccc2ccccc12.O=C(O)C(F)(F)F. The van der Waals surface area contributed by atoms with Crippen LogP contribution in [0.4, 0.5) is 13.2 Å². The minimum atomic E-state index is -5.08. The Bertz CT molecular complexity index is 1120. The van der Waals surface area contributed by atoms with Gasteiger partial charge in [0.15, 0.2) is 0 Å². The first-order chi connectivity index (χ1) is 17.9. The summed E-state index contributed by atoms with van der Waals surface area (Å²) in [7, 11) is 0. The second-order valence-electron chi connectivity index (χ2n) is 8.68. The summed E-state index contributed by atoms with van der Waals surface area (Å²) < 4.78 is 31.7. The zero-order valence-corrected chi connectivity index (χ0v) is 20.8. The number of carbonyl (C=O) groups excluding carboxylic acids is 2. The van der Waals surface area contributed by atoms with Crippen LogP contribution in [0.1, 0.15) is 25.3 Å². The van der Waals surface area contributed by atoms with Gasteiger partial charge in [-0.1, -0.05) is 42.5 Å². The van der Waals surface area contributed by atoms with Crippen LogP contribution in [0.2, 0.25) is 0 Å². The van der Waals surface area contributed by atoms with Crippen LogP contribution in [0.25, 0.3) is 10.8 Å². The molecule has 1 aliphatic heterocycles. The maximum absolute atomic E-state index is 13.0. The Kier molecular flexibility index (Phi) is 11.5. The van der Waals surface area contributed by atoms with E-state index in [1.807, 2.05) is 42.5 Å². The van der Waals surface area contributed by atoms with Gasteiger partial charge in [0.2, 0.25) is 11.8 Å². The third kappa shape index (κ3) is 9.63. The number of alkyl halides is 3. The van der Waals surface area contributed by atoms with E-state index < -0.39 is 24.2 Å². The molecule has 208 valence electrons. The van der Waals surface area contributed by atoms with E-state index in [0.29, 0.717) is 13.1 Å². The van der Waals surface area contributed by atoms with E-state index in [9.17, 15) is 32.7 Å². The number of hydrogen-bond acceptors (Lipinski definition) is 6. The van der Waals surface area contributed by atoms with Gasteiger partial charge in [-0.05, 0) is 35.7 Å². The number of carboxylic acid groups (broad SMARTS) is 2. The molecule has 1 aliphatic rings. The number of halogens is 3. The second-order valence-corrected chi connectivity index (χ2v) is 8.68.